The molecule has 0 fully saturated rings. The van der Waals surface area contributed by atoms with Gasteiger partial charge in [-0.2, -0.15) is 0 Å². The molecule has 0 saturated heterocycles. The van der Waals surface area contributed by atoms with Crippen molar-refractivity contribution in [1.29, 1.82) is 0 Å². The van der Waals surface area contributed by atoms with Gasteiger partial charge in [-0.25, -0.2) is 0 Å². The fraction of sp³-hybridized carbons (Fsp3) is 0.500. The molecule has 1 atom stereocenters. The first kappa shape index (κ1) is 12.9. The molecule has 88 valence electrons. The van der Waals surface area contributed by atoms with Crippen LogP contribution in [0.15, 0.2) is 18.2 Å². The molecule has 0 aliphatic rings. The van der Waals surface area contributed by atoms with E-state index in [9.17, 15) is 4.79 Å². The van der Waals surface area contributed by atoms with Crippen LogP contribution in [-0.4, -0.2) is 18.5 Å². The molecule has 0 heterocycles. The summed E-state index contributed by atoms with van der Waals surface area (Å²) in [5.74, 6) is 0.0937. The van der Waals surface area contributed by atoms with Gasteiger partial charge in [0.1, 0.15) is 6.10 Å². The van der Waals surface area contributed by atoms with E-state index in [4.69, 9.17) is 4.74 Å². The molecule has 2 heteroatoms. The Morgan fingerprint density at radius 1 is 1.19 bits per heavy atom. The van der Waals surface area contributed by atoms with Crippen molar-refractivity contribution in [3.63, 3.8) is 0 Å². The summed E-state index contributed by atoms with van der Waals surface area (Å²) in [6.45, 7) is 8.48. The number of aryl methyl sites for hydroxylation is 2. The number of hydrogen-bond acceptors (Lipinski definition) is 2. The van der Waals surface area contributed by atoms with Crippen LogP contribution in [0.25, 0.3) is 0 Å². The third-order valence-corrected chi connectivity index (χ3v) is 2.54. The highest BCUT2D eigenvalue weighted by atomic mass is 16.5. The van der Waals surface area contributed by atoms with Gasteiger partial charge in [-0.3, -0.25) is 4.79 Å². The summed E-state index contributed by atoms with van der Waals surface area (Å²) in [6, 6.07) is 5.92. The monoisotopic (exact) mass is 220 g/mol. The molecule has 0 radical (unpaired) electrons. The lowest BCUT2D eigenvalue weighted by atomic mass is 10.00. The van der Waals surface area contributed by atoms with Gasteiger partial charge in [0, 0.05) is 12.2 Å². The Balaban J connectivity index is 2.94. The van der Waals surface area contributed by atoms with Gasteiger partial charge in [-0.1, -0.05) is 24.1 Å². The first-order valence-electron chi connectivity index (χ1n) is 5.82. The van der Waals surface area contributed by atoms with Crippen LogP contribution in [0.1, 0.15) is 41.8 Å². The smallest absolute Gasteiger partial charge is 0.191 e. The van der Waals surface area contributed by atoms with E-state index < -0.39 is 0 Å². The third-order valence-electron chi connectivity index (χ3n) is 2.54. The van der Waals surface area contributed by atoms with Gasteiger partial charge in [0.05, 0.1) is 0 Å². The van der Waals surface area contributed by atoms with E-state index in [1.165, 1.54) is 0 Å². The van der Waals surface area contributed by atoms with E-state index in [0.29, 0.717) is 6.61 Å². The summed E-state index contributed by atoms with van der Waals surface area (Å²) in [5.41, 5.74) is 3.00. The van der Waals surface area contributed by atoms with Crippen molar-refractivity contribution in [3.05, 3.63) is 34.9 Å². The first-order chi connectivity index (χ1) is 7.58. The Kier molecular flexibility index (Phi) is 4.69. The Hall–Kier alpha value is -1.15. The van der Waals surface area contributed by atoms with Gasteiger partial charge in [0.15, 0.2) is 5.78 Å². The topological polar surface area (TPSA) is 26.3 Å². The number of ketones is 1. The predicted molar refractivity (Wildman–Crippen MR) is 66.0 cm³/mol. The van der Waals surface area contributed by atoms with Gasteiger partial charge < -0.3 is 4.74 Å². The van der Waals surface area contributed by atoms with Crippen molar-refractivity contribution in [3.8, 4) is 0 Å². The zero-order valence-electron chi connectivity index (χ0n) is 10.5. The molecule has 0 aliphatic carbocycles. The van der Waals surface area contributed by atoms with Crippen molar-refractivity contribution in [2.45, 2.75) is 40.2 Å². The average molecular weight is 220 g/mol. The van der Waals surface area contributed by atoms with Gasteiger partial charge in [-0.05, 0) is 39.3 Å². The molecule has 0 saturated carbocycles. The molecule has 0 amide bonds. The summed E-state index contributed by atoms with van der Waals surface area (Å²) in [6.07, 6.45) is 0.422. The summed E-state index contributed by atoms with van der Waals surface area (Å²) >= 11 is 0. The van der Waals surface area contributed by atoms with Gasteiger partial charge >= 0.3 is 0 Å². The minimum atomic E-state index is -0.300. The van der Waals surface area contributed by atoms with Gasteiger partial charge in [0.2, 0.25) is 0 Å². The lowest BCUT2D eigenvalue weighted by Crippen LogP contribution is -2.23. The van der Waals surface area contributed by atoms with Crippen LogP contribution in [0.5, 0.6) is 0 Å². The molecular formula is C14H20O2. The number of benzene rings is 1. The highest BCUT2D eigenvalue weighted by Crippen LogP contribution is 2.14. The number of carbonyl (C=O) groups excluding carboxylic acids is 1. The van der Waals surface area contributed by atoms with E-state index >= 15 is 0 Å². The van der Waals surface area contributed by atoms with Crippen molar-refractivity contribution in [1.82, 2.24) is 0 Å². The highest BCUT2D eigenvalue weighted by Gasteiger charge is 2.18. The fourth-order valence-electron chi connectivity index (χ4n) is 1.88. The largest absolute Gasteiger partial charge is 0.370 e. The van der Waals surface area contributed by atoms with Crippen molar-refractivity contribution < 1.29 is 9.53 Å². The quantitative estimate of drug-likeness (QED) is 0.712. The van der Waals surface area contributed by atoms with E-state index in [1.807, 2.05) is 39.8 Å². The zero-order valence-corrected chi connectivity index (χ0v) is 10.5. The number of hydrogen-bond donors (Lipinski definition) is 0. The van der Waals surface area contributed by atoms with Crippen LogP contribution in [0.3, 0.4) is 0 Å². The average Bonchev–Trinajstić information content (AvgIpc) is 2.23. The minimum Gasteiger partial charge on any atom is -0.370 e. The van der Waals surface area contributed by atoms with Crippen LogP contribution in [-0.2, 0) is 4.74 Å². The van der Waals surface area contributed by atoms with Crippen molar-refractivity contribution >= 4 is 5.78 Å². The Bertz CT molecular complexity index is 349. The van der Waals surface area contributed by atoms with E-state index in [1.54, 1.807) is 0 Å². The molecule has 0 N–H and O–H groups in total. The second kappa shape index (κ2) is 5.80. The Labute approximate surface area is 97.6 Å². The van der Waals surface area contributed by atoms with Crippen molar-refractivity contribution in [2.75, 3.05) is 6.61 Å². The molecular weight excluding hydrogens is 200 g/mol. The second-order valence-electron chi connectivity index (χ2n) is 4.09. The summed E-state index contributed by atoms with van der Waals surface area (Å²) in [7, 11) is 0. The second-order valence-corrected chi connectivity index (χ2v) is 4.09. The number of ether oxygens (including phenoxy) is 1. The van der Waals surface area contributed by atoms with Crippen LogP contribution in [0.4, 0.5) is 0 Å². The molecule has 1 aromatic rings. The molecule has 1 unspecified atom stereocenters. The number of Topliss-reactive ketones (excluding diaryl/α,β-unsaturated/α-hetero) is 1. The number of carbonyl (C=O) groups is 1. The van der Waals surface area contributed by atoms with E-state index in [2.05, 4.69) is 6.07 Å². The molecule has 0 aliphatic heterocycles. The van der Waals surface area contributed by atoms with Crippen LogP contribution in [0.2, 0.25) is 0 Å². The first-order valence-corrected chi connectivity index (χ1v) is 5.82. The highest BCUT2D eigenvalue weighted by molar-refractivity contribution is 5.99. The van der Waals surface area contributed by atoms with E-state index in [-0.39, 0.29) is 11.9 Å². The third kappa shape index (κ3) is 3.17. The SMILES string of the molecule is CCOC(CC)C(=O)c1cc(C)cc(C)c1. The maximum Gasteiger partial charge on any atom is 0.191 e. The Morgan fingerprint density at radius 3 is 2.19 bits per heavy atom. The van der Waals surface area contributed by atoms with Gasteiger partial charge in [-0.15, -0.1) is 0 Å². The molecule has 2 nitrogen and oxygen atoms in total. The summed E-state index contributed by atoms with van der Waals surface area (Å²) in [4.78, 5) is 12.1. The molecule has 16 heavy (non-hydrogen) atoms. The lowest BCUT2D eigenvalue weighted by molar-refractivity contribution is 0.0444. The number of rotatable bonds is 5. The standard InChI is InChI=1S/C14H20O2/c1-5-13(16-6-2)14(15)12-8-10(3)7-11(4)9-12/h7-9,13H,5-6H2,1-4H3. The predicted octanol–water partition coefficient (Wildman–Crippen LogP) is 3.30. The molecule has 1 rings (SSSR count). The van der Waals surface area contributed by atoms with Crippen LogP contribution >= 0.6 is 0 Å². The normalized spacial score (nSPS) is 12.5. The maximum absolute atomic E-state index is 12.1. The molecule has 1 aromatic carbocycles. The van der Waals surface area contributed by atoms with Crippen LogP contribution in [0, 0.1) is 13.8 Å². The fourth-order valence-corrected chi connectivity index (χ4v) is 1.88. The zero-order chi connectivity index (χ0) is 12.1. The Morgan fingerprint density at radius 2 is 1.75 bits per heavy atom. The minimum absolute atomic E-state index is 0.0937. The summed E-state index contributed by atoms with van der Waals surface area (Å²) in [5, 5.41) is 0. The van der Waals surface area contributed by atoms with Gasteiger partial charge in [0.25, 0.3) is 0 Å². The molecule has 0 aromatic heterocycles. The summed E-state index contributed by atoms with van der Waals surface area (Å²) < 4.78 is 5.44. The molecule has 0 spiro atoms. The van der Waals surface area contributed by atoms with Crippen LogP contribution < -0.4 is 0 Å². The molecule has 0 bridgehead atoms. The lowest BCUT2D eigenvalue weighted by Gasteiger charge is -2.14. The van der Waals surface area contributed by atoms with E-state index in [0.717, 1.165) is 23.1 Å². The maximum atomic E-state index is 12.1. The van der Waals surface area contributed by atoms with Crippen molar-refractivity contribution in [2.24, 2.45) is 0 Å².